The molecule has 140 valence electrons. The highest BCUT2D eigenvalue weighted by molar-refractivity contribution is 5.99. The minimum absolute atomic E-state index is 0.0521. The Morgan fingerprint density at radius 3 is 2.50 bits per heavy atom. The predicted octanol–water partition coefficient (Wildman–Crippen LogP) is 4.18. The van der Waals surface area contributed by atoms with Gasteiger partial charge in [-0.25, -0.2) is 4.79 Å². The fourth-order valence-electron chi connectivity index (χ4n) is 4.07. The van der Waals surface area contributed by atoms with Crippen molar-refractivity contribution in [2.75, 3.05) is 13.1 Å². The first-order chi connectivity index (χ1) is 12.2. The van der Waals surface area contributed by atoms with Crippen LogP contribution in [0.3, 0.4) is 0 Å². The van der Waals surface area contributed by atoms with Crippen LogP contribution in [0.2, 0.25) is 0 Å². The molecule has 2 fully saturated rings. The van der Waals surface area contributed by atoms with E-state index in [2.05, 4.69) is 36.3 Å². The molecule has 5 heteroatoms. The molecule has 0 bridgehead atoms. The number of hydrogen-bond donors (Lipinski definition) is 0. The Bertz CT molecular complexity index is 744. The highest BCUT2D eigenvalue weighted by Gasteiger charge is 2.56. The first kappa shape index (κ1) is 17.4. The Morgan fingerprint density at radius 2 is 1.88 bits per heavy atom. The van der Waals surface area contributed by atoms with Crippen LogP contribution in [-0.4, -0.2) is 41.0 Å². The van der Waals surface area contributed by atoms with Gasteiger partial charge in [0.2, 0.25) is 0 Å². The summed E-state index contributed by atoms with van der Waals surface area (Å²) in [5.74, 6) is 0. The molecule has 26 heavy (non-hydrogen) atoms. The lowest BCUT2D eigenvalue weighted by molar-refractivity contribution is -0.0159. The standard InChI is InChI=1S/C21H28N2O3/c1-15-5-7-16(8-6-15)21(9-10-21)17-13-20(26-22-17)11-12-23(14-20)18(24)25-19(2,3)4/h5-8H,9-14H2,1-4H3. The van der Waals surface area contributed by atoms with Crippen LogP contribution in [0.4, 0.5) is 4.79 Å². The monoisotopic (exact) mass is 356 g/mol. The molecule has 1 aromatic rings. The molecule has 1 amide bonds. The van der Waals surface area contributed by atoms with Crippen molar-refractivity contribution in [2.45, 2.75) is 70.0 Å². The Labute approximate surface area is 155 Å². The van der Waals surface area contributed by atoms with E-state index in [4.69, 9.17) is 9.57 Å². The van der Waals surface area contributed by atoms with Crippen molar-refractivity contribution >= 4 is 11.8 Å². The van der Waals surface area contributed by atoms with Gasteiger partial charge in [0.05, 0.1) is 12.3 Å². The zero-order valence-electron chi connectivity index (χ0n) is 16.2. The summed E-state index contributed by atoms with van der Waals surface area (Å²) in [7, 11) is 0. The van der Waals surface area contributed by atoms with Gasteiger partial charge < -0.3 is 14.5 Å². The van der Waals surface area contributed by atoms with Crippen LogP contribution in [0, 0.1) is 6.92 Å². The quantitative estimate of drug-likeness (QED) is 0.799. The molecule has 0 aromatic heterocycles. The maximum atomic E-state index is 12.4. The molecule has 3 aliphatic rings. The van der Waals surface area contributed by atoms with E-state index >= 15 is 0 Å². The molecule has 1 aromatic carbocycles. The minimum atomic E-state index is -0.478. The third-order valence-electron chi connectivity index (χ3n) is 5.71. The molecule has 1 aliphatic carbocycles. The fourth-order valence-corrected chi connectivity index (χ4v) is 4.07. The van der Waals surface area contributed by atoms with E-state index in [9.17, 15) is 4.79 Å². The Morgan fingerprint density at radius 1 is 1.19 bits per heavy atom. The summed E-state index contributed by atoms with van der Waals surface area (Å²) < 4.78 is 5.51. The molecule has 2 aliphatic heterocycles. The normalized spacial score (nSPS) is 26.6. The van der Waals surface area contributed by atoms with E-state index in [1.807, 2.05) is 20.8 Å². The van der Waals surface area contributed by atoms with Crippen LogP contribution >= 0.6 is 0 Å². The lowest BCUT2D eigenvalue weighted by atomic mass is 9.84. The summed E-state index contributed by atoms with van der Waals surface area (Å²) in [6, 6.07) is 8.78. The number of likely N-dealkylation sites (tertiary alicyclic amines) is 1. The van der Waals surface area contributed by atoms with E-state index < -0.39 is 5.60 Å². The number of carbonyl (C=O) groups is 1. The number of benzene rings is 1. The topological polar surface area (TPSA) is 51.1 Å². The van der Waals surface area contributed by atoms with Crippen molar-refractivity contribution in [2.24, 2.45) is 5.16 Å². The van der Waals surface area contributed by atoms with E-state index in [0.29, 0.717) is 13.1 Å². The number of amides is 1. The molecule has 1 saturated heterocycles. The van der Waals surface area contributed by atoms with Gasteiger partial charge in [0.25, 0.3) is 0 Å². The fraction of sp³-hybridized carbons (Fsp3) is 0.619. The van der Waals surface area contributed by atoms with Gasteiger partial charge in [0, 0.05) is 24.8 Å². The van der Waals surface area contributed by atoms with Crippen molar-refractivity contribution in [3.8, 4) is 0 Å². The van der Waals surface area contributed by atoms with E-state index in [1.165, 1.54) is 11.1 Å². The molecule has 1 atom stereocenters. The van der Waals surface area contributed by atoms with Crippen LogP contribution < -0.4 is 0 Å². The Hall–Kier alpha value is -2.04. The van der Waals surface area contributed by atoms with Crippen molar-refractivity contribution in [3.63, 3.8) is 0 Å². The van der Waals surface area contributed by atoms with Crippen LogP contribution in [0.25, 0.3) is 0 Å². The first-order valence-electron chi connectivity index (χ1n) is 9.52. The number of ether oxygens (including phenoxy) is 1. The second-order valence-electron chi connectivity index (χ2n) is 9.09. The number of aryl methyl sites for hydroxylation is 1. The number of nitrogens with zero attached hydrogens (tertiary/aromatic N) is 2. The summed E-state index contributed by atoms with van der Waals surface area (Å²) in [5.41, 5.74) is 2.96. The highest BCUT2D eigenvalue weighted by Crippen LogP contribution is 2.53. The number of hydrogen-bond acceptors (Lipinski definition) is 4. The number of carbonyl (C=O) groups excluding carboxylic acids is 1. The Kier molecular flexibility index (Phi) is 3.83. The van der Waals surface area contributed by atoms with E-state index in [0.717, 1.165) is 31.4 Å². The molecule has 5 nitrogen and oxygen atoms in total. The maximum Gasteiger partial charge on any atom is 0.410 e. The predicted molar refractivity (Wildman–Crippen MR) is 100 cm³/mol. The first-order valence-corrected chi connectivity index (χ1v) is 9.52. The summed E-state index contributed by atoms with van der Waals surface area (Å²) in [5, 5.41) is 4.51. The van der Waals surface area contributed by atoms with Crippen LogP contribution in [0.1, 0.15) is 57.6 Å². The van der Waals surface area contributed by atoms with Gasteiger partial charge in [-0.3, -0.25) is 0 Å². The van der Waals surface area contributed by atoms with E-state index in [1.54, 1.807) is 4.90 Å². The van der Waals surface area contributed by atoms with Crippen LogP contribution in [0.15, 0.2) is 29.4 Å². The van der Waals surface area contributed by atoms with Gasteiger partial charge in [-0.15, -0.1) is 0 Å². The smallest absolute Gasteiger partial charge is 0.410 e. The second-order valence-corrected chi connectivity index (χ2v) is 9.09. The van der Waals surface area contributed by atoms with E-state index in [-0.39, 0.29) is 17.1 Å². The Balaban J connectivity index is 1.44. The minimum Gasteiger partial charge on any atom is -0.444 e. The van der Waals surface area contributed by atoms with Crippen molar-refractivity contribution < 1.29 is 14.4 Å². The summed E-state index contributed by atoms with van der Waals surface area (Å²) in [6.45, 7) is 9.00. The molecular formula is C21H28N2O3. The van der Waals surface area contributed by atoms with Gasteiger partial charge in [0.15, 0.2) is 5.60 Å². The van der Waals surface area contributed by atoms with Crippen LogP contribution in [0.5, 0.6) is 0 Å². The summed E-state index contributed by atoms with van der Waals surface area (Å²) in [4.78, 5) is 20.0. The largest absolute Gasteiger partial charge is 0.444 e. The lowest BCUT2D eigenvalue weighted by Gasteiger charge is -2.26. The average molecular weight is 356 g/mol. The van der Waals surface area contributed by atoms with Gasteiger partial charge in [0.1, 0.15) is 5.60 Å². The second kappa shape index (κ2) is 5.73. The molecular weight excluding hydrogens is 328 g/mol. The highest BCUT2D eigenvalue weighted by atomic mass is 16.7. The molecule has 1 spiro atoms. The number of rotatable bonds is 2. The zero-order chi connectivity index (χ0) is 18.6. The SMILES string of the molecule is Cc1ccc(C2(C3=NOC4(CCN(C(=O)OC(C)(C)C)C4)C3)CC2)cc1. The van der Waals surface area contributed by atoms with Crippen LogP contribution in [-0.2, 0) is 15.0 Å². The summed E-state index contributed by atoms with van der Waals surface area (Å²) in [6.07, 6.45) is 3.61. The van der Waals surface area contributed by atoms with Crippen molar-refractivity contribution in [3.05, 3.63) is 35.4 Å². The molecule has 0 radical (unpaired) electrons. The molecule has 2 heterocycles. The number of oxime groups is 1. The van der Waals surface area contributed by atoms with Gasteiger partial charge >= 0.3 is 6.09 Å². The van der Waals surface area contributed by atoms with Gasteiger partial charge in [-0.05, 0) is 46.1 Å². The molecule has 1 saturated carbocycles. The molecule has 4 rings (SSSR count). The lowest BCUT2D eigenvalue weighted by Crippen LogP contribution is -2.39. The zero-order valence-corrected chi connectivity index (χ0v) is 16.2. The van der Waals surface area contributed by atoms with Crippen molar-refractivity contribution in [1.82, 2.24) is 4.90 Å². The summed E-state index contributed by atoms with van der Waals surface area (Å²) >= 11 is 0. The average Bonchev–Trinajstić information content (AvgIpc) is 3.10. The van der Waals surface area contributed by atoms with Gasteiger partial charge in [-0.1, -0.05) is 35.0 Å². The third-order valence-corrected chi connectivity index (χ3v) is 5.71. The maximum absolute atomic E-state index is 12.4. The third kappa shape index (κ3) is 3.08. The van der Waals surface area contributed by atoms with Crippen molar-refractivity contribution in [1.29, 1.82) is 0 Å². The molecule has 0 N–H and O–H groups in total. The van der Waals surface area contributed by atoms with Gasteiger partial charge in [-0.2, -0.15) is 0 Å². The molecule has 1 unspecified atom stereocenters.